The van der Waals surface area contributed by atoms with E-state index in [0.29, 0.717) is 18.4 Å². The molecule has 5 heteroatoms. The topological polar surface area (TPSA) is 58.6 Å². The summed E-state index contributed by atoms with van der Waals surface area (Å²) in [4.78, 5) is 27.6. The Hall–Kier alpha value is -2.04. The summed E-state index contributed by atoms with van der Waals surface area (Å²) in [6.45, 7) is 2.36. The van der Waals surface area contributed by atoms with E-state index in [1.165, 1.54) is 12.8 Å². The Labute approximate surface area is 180 Å². The Morgan fingerprint density at radius 3 is 2.37 bits per heavy atom. The largest absolute Gasteiger partial charge is 0.493 e. The third-order valence-electron chi connectivity index (χ3n) is 7.21. The molecule has 1 aromatic carbocycles. The second-order valence-electron chi connectivity index (χ2n) is 9.46. The molecular formula is C25H36N2O3. The number of nitrogens with one attached hydrogen (secondary N) is 1. The van der Waals surface area contributed by atoms with Gasteiger partial charge in [0, 0.05) is 36.9 Å². The van der Waals surface area contributed by atoms with Crippen LogP contribution < -0.4 is 10.1 Å². The highest BCUT2D eigenvalue weighted by Gasteiger charge is 2.33. The average molecular weight is 413 g/mol. The molecule has 3 aliphatic rings. The standard InChI is InChI=1S/C25H36N2O3/c28-24(20-8-4-5-9-20)26-22-14-12-21(13-15-22)25(29)27-16-6-7-19(17-27)18-30-23-10-2-1-3-11-23/h1-3,10-11,19-22H,4-9,12-18H2,(H,26,28). The van der Waals surface area contributed by atoms with E-state index < -0.39 is 0 Å². The average Bonchev–Trinajstić information content (AvgIpc) is 3.34. The number of para-hydroxylation sites is 1. The predicted molar refractivity (Wildman–Crippen MR) is 117 cm³/mol. The van der Waals surface area contributed by atoms with Crippen molar-refractivity contribution in [2.75, 3.05) is 19.7 Å². The van der Waals surface area contributed by atoms with E-state index in [2.05, 4.69) is 10.2 Å². The lowest BCUT2D eigenvalue weighted by atomic mass is 9.84. The van der Waals surface area contributed by atoms with Gasteiger partial charge in [-0.2, -0.15) is 0 Å². The Morgan fingerprint density at radius 2 is 1.63 bits per heavy atom. The summed E-state index contributed by atoms with van der Waals surface area (Å²) in [6, 6.07) is 10.2. The zero-order valence-electron chi connectivity index (χ0n) is 18.1. The molecule has 3 fully saturated rings. The smallest absolute Gasteiger partial charge is 0.225 e. The summed E-state index contributed by atoms with van der Waals surface area (Å²) in [5.74, 6) is 2.23. The van der Waals surface area contributed by atoms with Gasteiger partial charge in [0.25, 0.3) is 0 Å². The van der Waals surface area contributed by atoms with E-state index in [1.807, 2.05) is 30.3 Å². The van der Waals surface area contributed by atoms with Crippen LogP contribution in [0.3, 0.4) is 0 Å². The van der Waals surface area contributed by atoms with Crippen molar-refractivity contribution in [3.63, 3.8) is 0 Å². The van der Waals surface area contributed by atoms with E-state index in [0.717, 1.165) is 70.2 Å². The van der Waals surface area contributed by atoms with Gasteiger partial charge in [0.15, 0.2) is 0 Å². The maximum Gasteiger partial charge on any atom is 0.225 e. The molecule has 0 spiro atoms. The minimum atomic E-state index is 0.124. The molecule has 4 rings (SSSR count). The lowest BCUT2D eigenvalue weighted by Crippen LogP contribution is -2.46. The summed E-state index contributed by atoms with van der Waals surface area (Å²) in [7, 11) is 0. The number of ether oxygens (including phenoxy) is 1. The fraction of sp³-hybridized carbons (Fsp3) is 0.680. The Balaban J connectivity index is 1.20. The normalized spacial score (nSPS) is 27.6. The second kappa shape index (κ2) is 10.3. The van der Waals surface area contributed by atoms with Crippen LogP contribution in [-0.4, -0.2) is 42.5 Å². The maximum absolute atomic E-state index is 13.1. The van der Waals surface area contributed by atoms with Crippen LogP contribution in [0, 0.1) is 17.8 Å². The van der Waals surface area contributed by atoms with Gasteiger partial charge < -0.3 is 15.0 Å². The van der Waals surface area contributed by atoms with Gasteiger partial charge in [0.05, 0.1) is 6.61 Å². The van der Waals surface area contributed by atoms with Crippen LogP contribution >= 0.6 is 0 Å². The van der Waals surface area contributed by atoms with Crippen LogP contribution in [0.15, 0.2) is 30.3 Å². The van der Waals surface area contributed by atoms with E-state index in [-0.39, 0.29) is 23.8 Å². The minimum Gasteiger partial charge on any atom is -0.493 e. The maximum atomic E-state index is 13.1. The van der Waals surface area contributed by atoms with Crippen molar-refractivity contribution in [2.45, 2.75) is 70.3 Å². The molecule has 2 amide bonds. The fourth-order valence-electron chi connectivity index (χ4n) is 5.38. The van der Waals surface area contributed by atoms with Crippen molar-refractivity contribution < 1.29 is 14.3 Å². The highest BCUT2D eigenvalue weighted by Crippen LogP contribution is 2.30. The Bertz CT molecular complexity index is 694. The molecule has 1 heterocycles. The lowest BCUT2D eigenvalue weighted by Gasteiger charge is -2.37. The molecule has 1 aromatic rings. The summed E-state index contributed by atoms with van der Waals surface area (Å²) in [5, 5.41) is 3.26. The van der Waals surface area contributed by atoms with Crippen molar-refractivity contribution in [3.8, 4) is 5.75 Å². The van der Waals surface area contributed by atoms with Crippen LogP contribution in [0.25, 0.3) is 0 Å². The molecule has 1 saturated heterocycles. The molecule has 1 aliphatic heterocycles. The number of carbonyl (C=O) groups is 2. The number of nitrogens with zero attached hydrogens (tertiary/aromatic N) is 1. The van der Waals surface area contributed by atoms with Gasteiger partial charge in [0.2, 0.25) is 11.8 Å². The molecule has 1 atom stereocenters. The Morgan fingerprint density at radius 1 is 0.900 bits per heavy atom. The van der Waals surface area contributed by atoms with Gasteiger partial charge in [-0.25, -0.2) is 0 Å². The number of rotatable bonds is 6. The van der Waals surface area contributed by atoms with Crippen LogP contribution in [-0.2, 0) is 9.59 Å². The molecule has 0 aromatic heterocycles. The number of likely N-dealkylation sites (tertiary alicyclic amines) is 1. The van der Waals surface area contributed by atoms with Gasteiger partial charge in [-0.05, 0) is 63.5 Å². The van der Waals surface area contributed by atoms with Gasteiger partial charge in [-0.3, -0.25) is 9.59 Å². The number of benzene rings is 1. The van der Waals surface area contributed by atoms with Crippen LogP contribution in [0.2, 0.25) is 0 Å². The lowest BCUT2D eigenvalue weighted by molar-refractivity contribution is -0.138. The summed E-state index contributed by atoms with van der Waals surface area (Å²) in [5.41, 5.74) is 0. The first-order chi connectivity index (χ1) is 14.7. The molecular weight excluding hydrogens is 376 g/mol. The number of carbonyl (C=O) groups excluding carboxylic acids is 2. The third kappa shape index (κ3) is 5.55. The van der Waals surface area contributed by atoms with Crippen molar-refractivity contribution >= 4 is 11.8 Å². The van der Waals surface area contributed by atoms with Crippen LogP contribution in [0.4, 0.5) is 0 Å². The van der Waals surface area contributed by atoms with E-state index in [4.69, 9.17) is 4.74 Å². The molecule has 164 valence electrons. The molecule has 1 N–H and O–H groups in total. The van der Waals surface area contributed by atoms with Crippen LogP contribution in [0.1, 0.15) is 64.2 Å². The van der Waals surface area contributed by atoms with Crippen molar-refractivity contribution in [1.29, 1.82) is 0 Å². The van der Waals surface area contributed by atoms with Gasteiger partial charge in [-0.1, -0.05) is 31.0 Å². The third-order valence-corrected chi connectivity index (χ3v) is 7.21. The molecule has 30 heavy (non-hydrogen) atoms. The molecule has 0 bridgehead atoms. The quantitative estimate of drug-likeness (QED) is 0.763. The summed E-state index contributed by atoms with van der Waals surface area (Å²) < 4.78 is 5.93. The summed E-state index contributed by atoms with van der Waals surface area (Å²) in [6.07, 6.45) is 10.3. The predicted octanol–water partition coefficient (Wildman–Crippen LogP) is 4.17. The molecule has 2 aliphatic carbocycles. The monoisotopic (exact) mass is 412 g/mol. The first-order valence-corrected chi connectivity index (χ1v) is 12.0. The second-order valence-corrected chi connectivity index (χ2v) is 9.46. The fourth-order valence-corrected chi connectivity index (χ4v) is 5.38. The number of hydrogen-bond donors (Lipinski definition) is 1. The molecule has 5 nitrogen and oxygen atoms in total. The van der Waals surface area contributed by atoms with Gasteiger partial charge in [-0.15, -0.1) is 0 Å². The molecule has 0 radical (unpaired) electrons. The van der Waals surface area contributed by atoms with Gasteiger partial charge in [0.1, 0.15) is 5.75 Å². The highest BCUT2D eigenvalue weighted by atomic mass is 16.5. The minimum absolute atomic E-state index is 0.124. The van der Waals surface area contributed by atoms with E-state index in [1.54, 1.807) is 0 Å². The zero-order chi connectivity index (χ0) is 20.8. The summed E-state index contributed by atoms with van der Waals surface area (Å²) >= 11 is 0. The van der Waals surface area contributed by atoms with Crippen molar-refractivity contribution in [2.24, 2.45) is 17.8 Å². The number of amides is 2. The van der Waals surface area contributed by atoms with Crippen molar-refractivity contribution in [3.05, 3.63) is 30.3 Å². The number of piperidine rings is 1. The van der Waals surface area contributed by atoms with Crippen molar-refractivity contribution in [1.82, 2.24) is 10.2 Å². The highest BCUT2D eigenvalue weighted by molar-refractivity contribution is 5.80. The Kier molecular flexibility index (Phi) is 7.29. The first kappa shape index (κ1) is 21.2. The SMILES string of the molecule is O=C(NC1CCC(C(=O)N2CCCC(COc3ccccc3)C2)CC1)C1CCCC1. The molecule has 2 saturated carbocycles. The van der Waals surface area contributed by atoms with Gasteiger partial charge >= 0.3 is 0 Å². The molecule has 1 unspecified atom stereocenters. The zero-order valence-corrected chi connectivity index (χ0v) is 18.1. The van der Waals surface area contributed by atoms with E-state index >= 15 is 0 Å². The van der Waals surface area contributed by atoms with E-state index in [9.17, 15) is 9.59 Å². The first-order valence-electron chi connectivity index (χ1n) is 12.0. The number of hydrogen-bond acceptors (Lipinski definition) is 3. The van der Waals surface area contributed by atoms with Crippen LogP contribution in [0.5, 0.6) is 5.75 Å².